The third-order valence-electron chi connectivity index (χ3n) is 3.02. The molecule has 0 saturated carbocycles. The largest absolute Gasteiger partial charge is 0.319 e. The Hall–Kier alpha value is -1.68. The van der Waals surface area contributed by atoms with E-state index in [9.17, 15) is 9.59 Å². The molecule has 2 rings (SSSR count). The van der Waals surface area contributed by atoms with E-state index in [2.05, 4.69) is 0 Å². The van der Waals surface area contributed by atoms with Crippen LogP contribution in [0.2, 0.25) is 0 Å². The average Bonchev–Trinajstić information content (AvgIpc) is 2.54. The van der Waals surface area contributed by atoms with Crippen LogP contribution in [0.5, 0.6) is 0 Å². The van der Waals surface area contributed by atoms with Gasteiger partial charge in [0.25, 0.3) is 0 Å². The van der Waals surface area contributed by atoms with Gasteiger partial charge < -0.3 is 5.73 Å². The highest BCUT2D eigenvalue weighted by Gasteiger charge is 2.35. The van der Waals surface area contributed by atoms with E-state index >= 15 is 0 Å². The van der Waals surface area contributed by atoms with Crippen molar-refractivity contribution in [3.8, 4) is 0 Å². The Labute approximate surface area is 100 Å². The quantitative estimate of drug-likeness (QED) is 0.777. The SMILES string of the molecule is Cc1ccc(CCN2C(=O)CC(N)C2=O)cc1. The normalized spacial score (nSPS) is 20.1. The molecule has 1 heterocycles. The second kappa shape index (κ2) is 4.67. The van der Waals surface area contributed by atoms with E-state index in [-0.39, 0.29) is 18.2 Å². The van der Waals surface area contributed by atoms with Gasteiger partial charge in [-0.1, -0.05) is 29.8 Å². The van der Waals surface area contributed by atoms with Gasteiger partial charge in [0.15, 0.2) is 0 Å². The number of carbonyl (C=O) groups is 2. The molecule has 90 valence electrons. The summed E-state index contributed by atoms with van der Waals surface area (Å²) in [5.41, 5.74) is 7.86. The molecule has 0 bridgehead atoms. The maximum atomic E-state index is 11.6. The third kappa shape index (κ3) is 2.53. The van der Waals surface area contributed by atoms with Crippen LogP contribution in [0.25, 0.3) is 0 Å². The monoisotopic (exact) mass is 232 g/mol. The highest BCUT2D eigenvalue weighted by molar-refractivity contribution is 6.05. The Morgan fingerprint density at radius 2 is 1.94 bits per heavy atom. The summed E-state index contributed by atoms with van der Waals surface area (Å²) in [5, 5.41) is 0. The maximum Gasteiger partial charge on any atom is 0.246 e. The van der Waals surface area contributed by atoms with Crippen molar-refractivity contribution in [2.75, 3.05) is 6.54 Å². The van der Waals surface area contributed by atoms with E-state index in [1.807, 2.05) is 31.2 Å². The van der Waals surface area contributed by atoms with Crippen LogP contribution in [0.4, 0.5) is 0 Å². The molecule has 1 aliphatic heterocycles. The minimum Gasteiger partial charge on any atom is -0.319 e. The van der Waals surface area contributed by atoms with Gasteiger partial charge in [-0.25, -0.2) is 0 Å². The zero-order valence-corrected chi connectivity index (χ0v) is 9.85. The third-order valence-corrected chi connectivity index (χ3v) is 3.02. The molecule has 17 heavy (non-hydrogen) atoms. The molecule has 0 aromatic heterocycles. The number of benzene rings is 1. The van der Waals surface area contributed by atoms with Crippen LogP contribution in [0.15, 0.2) is 24.3 Å². The van der Waals surface area contributed by atoms with Crippen LogP contribution in [-0.4, -0.2) is 29.3 Å². The minimum absolute atomic E-state index is 0.146. The first kappa shape index (κ1) is 11.8. The van der Waals surface area contributed by atoms with E-state index in [4.69, 9.17) is 5.73 Å². The lowest BCUT2D eigenvalue weighted by atomic mass is 10.1. The van der Waals surface area contributed by atoms with Crippen molar-refractivity contribution >= 4 is 11.8 Å². The molecular weight excluding hydrogens is 216 g/mol. The van der Waals surface area contributed by atoms with E-state index in [0.717, 1.165) is 5.56 Å². The van der Waals surface area contributed by atoms with E-state index in [1.165, 1.54) is 10.5 Å². The van der Waals surface area contributed by atoms with Gasteiger partial charge in [-0.15, -0.1) is 0 Å². The standard InChI is InChI=1S/C13H16N2O2/c1-9-2-4-10(5-3-9)6-7-15-12(16)8-11(14)13(15)17/h2-5,11H,6-8,14H2,1H3. The predicted octanol–water partition coefficient (Wildman–Crippen LogP) is 0.624. The number of amides is 2. The van der Waals surface area contributed by atoms with Crippen LogP contribution < -0.4 is 5.73 Å². The Bertz CT molecular complexity index is 439. The molecule has 1 aromatic carbocycles. The van der Waals surface area contributed by atoms with Crippen molar-refractivity contribution in [3.63, 3.8) is 0 Å². The Balaban J connectivity index is 1.96. The first-order valence-corrected chi connectivity index (χ1v) is 5.73. The molecule has 1 unspecified atom stereocenters. The molecule has 1 atom stereocenters. The molecule has 0 aliphatic carbocycles. The van der Waals surface area contributed by atoms with Gasteiger partial charge in [0.2, 0.25) is 11.8 Å². The highest BCUT2D eigenvalue weighted by Crippen LogP contribution is 2.12. The second-order valence-corrected chi connectivity index (χ2v) is 4.43. The molecule has 1 aliphatic rings. The van der Waals surface area contributed by atoms with Crippen LogP contribution in [-0.2, 0) is 16.0 Å². The summed E-state index contributed by atoms with van der Waals surface area (Å²) in [5.74, 6) is -0.406. The fraction of sp³-hybridized carbons (Fsp3) is 0.385. The van der Waals surface area contributed by atoms with Gasteiger partial charge in [-0.05, 0) is 18.9 Å². The molecule has 1 fully saturated rings. The smallest absolute Gasteiger partial charge is 0.246 e. The molecule has 2 amide bonds. The van der Waals surface area contributed by atoms with Crippen molar-refractivity contribution in [1.29, 1.82) is 0 Å². The topological polar surface area (TPSA) is 63.4 Å². The molecular formula is C13H16N2O2. The summed E-state index contributed by atoms with van der Waals surface area (Å²) in [7, 11) is 0. The van der Waals surface area contributed by atoms with Crippen molar-refractivity contribution < 1.29 is 9.59 Å². The number of hydrogen-bond donors (Lipinski definition) is 1. The molecule has 4 nitrogen and oxygen atoms in total. The summed E-state index contributed by atoms with van der Waals surface area (Å²) in [4.78, 5) is 24.3. The summed E-state index contributed by atoms with van der Waals surface area (Å²) in [6.07, 6.45) is 0.831. The van der Waals surface area contributed by atoms with Crippen molar-refractivity contribution in [1.82, 2.24) is 4.90 Å². The van der Waals surface area contributed by atoms with Gasteiger partial charge in [-0.3, -0.25) is 14.5 Å². The van der Waals surface area contributed by atoms with E-state index in [0.29, 0.717) is 13.0 Å². The average molecular weight is 232 g/mol. The minimum atomic E-state index is -0.638. The van der Waals surface area contributed by atoms with Crippen LogP contribution in [0.3, 0.4) is 0 Å². The van der Waals surface area contributed by atoms with E-state index in [1.54, 1.807) is 0 Å². The van der Waals surface area contributed by atoms with Crippen molar-refractivity contribution in [2.45, 2.75) is 25.8 Å². The molecule has 1 saturated heterocycles. The number of nitrogens with two attached hydrogens (primary N) is 1. The summed E-state index contributed by atoms with van der Waals surface area (Å²) in [6, 6.07) is 7.43. The fourth-order valence-corrected chi connectivity index (χ4v) is 1.94. The Morgan fingerprint density at radius 1 is 1.29 bits per heavy atom. The lowest BCUT2D eigenvalue weighted by Crippen LogP contribution is -2.36. The number of imide groups is 1. The molecule has 0 radical (unpaired) electrons. The number of nitrogens with zero attached hydrogens (tertiary/aromatic N) is 1. The second-order valence-electron chi connectivity index (χ2n) is 4.43. The molecule has 2 N–H and O–H groups in total. The fourth-order valence-electron chi connectivity index (χ4n) is 1.94. The van der Waals surface area contributed by atoms with Crippen LogP contribution in [0, 0.1) is 6.92 Å². The van der Waals surface area contributed by atoms with Crippen molar-refractivity contribution in [3.05, 3.63) is 35.4 Å². The van der Waals surface area contributed by atoms with Gasteiger partial charge in [-0.2, -0.15) is 0 Å². The first-order valence-electron chi connectivity index (χ1n) is 5.73. The van der Waals surface area contributed by atoms with Crippen LogP contribution in [0.1, 0.15) is 17.5 Å². The zero-order valence-electron chi connectivity index (χ0n) is 9.85. The highest BCUT2D eigenvalue weighted by atomic mass is 16.2. The summed E-state index contributed by atoms with van der Waals surface area (Å²) < 4.78 is 0. The first-order chi connectivity index (χ1) is 8.08. The lowest BCUT2D eigenvalue weighted by Gasteiger charge is -2.13. The summed E-state index contributed by atoms with van der Waals surface area (Å²) in [6.45, 7) is 2.45. The number of hydrogen-bond acceptors (Lipinski definition) is 3. The Morgan fingerprint density at radius 3 is 2.47 bits per heavy atom. The number of likely N-dealkylation sites (tertiary alicyclic amines) is 1. The number of rotatable bonds is 3. The predicted molar refractivity (Wildman–Crippen MR) is 64.2 cm³/mol. The summed E-state index contributed by atoms with van der Waals surface area (Å²) >= 11 is 0. The molecule has 0 spiro atoms. The van der Waals surface area contributed by atoms with E-state index < -0.39 is 6.04 Å². The zero-order chi connectivity index (χ0) is 12.4. The van der Waals surface area contributed by atoms with Gasteiger partial charge >= 0.3 is 0 Å². The lowest BCUT2D eigenvalue weighted by molar-refractivity contribution is -0.138. The number of aryl methyl sites for hydroxylation is 1. The molecule has 1 aromatic rings. The molecule has 4 heteroatoms. The maximum absolute atomic E-state index is 11.6. The van der Waals surface area contributed by atoms with Crippen LogP contribution >= 0.6 is 0 Å². The Kier molecular flexibility index (Phi) is 3.24. The van der Waals surface area contributed by atoms with Crippen molar-refractivity contribution in [2.24, 2.45) is 5.73 Å². The van der Waals surface area contributed by atoms with Gasteiger partial charge in [0.05, 0.1) is 12.5 Å². The van der Waals surface area contributed by atoms with Gasteiger partial charge in [0, 0.05) is 6.54 Å². The number of carbonyl (C=O) groups excluding carboxylic acids is 2. The van der Waals surface area contributed by atoms with Gasteiger partial charge in [0.1, 0.15) is 0 Å².